The molecule has 0 amide bonds. The molecule has 0 spiro atoms. The average Bonchev–Trinajstić information content (AvgIpc) is 2.97. The third kappa shape index (κ3) is 16.8. The number of aliphatic imine (C=N–C) groups is 2. The summed E-state index contributed by atoms with van der Waals surface area (Å²) in [5, 5.41) is 39.8. The molecule has 0 aliphatic heterocycles. The maximum atomic E-state index is 11.0. The number of aliphatic carboxylic acids is 2. The number of unbranched alkanes of at least 4 members (excludes halogenated alkanes) is 2. The van der Waals surface area contributed by atoms with E-state index < -0.39 is 11.9 Å². The second-order valence-corrected chi connectivity index (χ2v) is 13.9. The Kier molecular flexibility index (Phi) is 19.5. The Morgan fingerprint density at radius 3 is 1.18 bits per heavy atom. The zero-order valence-electron chi connectivity index (χ0n) is 30.8. The van der Waals surface area contributed by atoms with Gasteiger partial charge in [-0.2, -0.15) is 0 Å². The van der Waals surface area contributed by atoms with Crippen molar-refractivity contribution in [3.63, 3.8) is 0 Å². The molecule has 0 aliphatic rings. The van der Waals surface area contributed by atoms with Gasteiger partial charge in [-0.15, -0.1) is 0 Å². The third-order valence-electron chi connectivity index (χ3n) is 7.21. The third-order valence-corrected chi connectivity index (χ3v) is 7.21. The molecule has 0 aromatic heterocycles. The van der Waals surface area contributed by atoms with Crippen molar-refractivity contribution < 1.29 is 46.8 Å². The number of carboxylic acids is 2. The molecule has 3 rings (SSSR count). The molecule has 0 bridgehead atoms. The van der Waals surface area contributed by atoms with Crippen molar-refractivity contribution in [3.05, 3.63) is 81.9 Å². The van der Waals surface area contributed by atoms with Crippen LogP contribution in [0.25, 0.3) is 0 Å². The van der Waals surface area contributed by atoms with Crippen molar-refractivity contribution in [3.8, 4) is 11.5 Å². The fourth-order valence-corrected chi connectivity index (χ4v) is 4.74. The molecule has 0 heterocycles. The van der Waals surface area contributed by atoms with Gasteiger partial charge in [-0.3, -0.25) is 9.98 Å². The van der Waals surface area contributed by atoms with Crippen LogP contribution < -0.4 is 10.2 Å². The Labute approximate surface area is 303 Å². The second-order valence-electron chi connectivity index (χ2n) is 13.9. The topological polar surface area (TPSA) is 145 Å². The van der Waals surface area contributed by atoms with Crippen LogP contribution in [0.15, 0.2) is 58.5 Å². The first-order valence-corrected chi connectivity index (χ1v) is 16.6. The van der Waals surface area contributed by atoms with Gasteiger partial charge < -0.3 is 30.0 Å². The van der Waals surface area contributed by atoms with E-state index in [1.807, 2.05) is 24.3 Å². The monoisotopic (exact) mass is 717 g/mol. The van der Waals surface area contributed by atoms with Crippen molar-refractivity contribution in [2.24, 2.45) is 9.98 Å². The fourth-order valence-electron chi connectivity index (χ4n) is 4.74. The van der Waals surface area contributed by atoms with Gasteiger partial charge in [-0.25, -0.2) is 0 Å². The maximum Gasteiger partial charge on any atom is 2.00 e. The van der Waals surface area contributed by atoms with Crippen LogP contribution in [0.3, 0.4) is 0 Å². The molecule has 0 aliphatic carbocycles. The van der Waals surface area contributed by atoms with Crippen LogP contribution in [0.1, 0.15) is 128 Å². The number of hydrogen-bond acceptors (Lipinski definition) is 8. The van der Waals surface area contributed by atoms with E-state index in [4.69, 9.17) is 19.8 Å². The van der Waals surface area contributed by atoms with Gasteiger partial charge in [-0.1, -0.05) is 80.4 Å². The first kappa shape index (κ1) is 45.0. The summed E-state index contributed by atoms with van der Waals surface area (Å²) < 4.78 is 0. The number of benzene rings is 3. The quantitative estimate of drug-likeness (QED) is 0.209. The van der Waals surface area contributed by atoms with E-state index in [0.29, 0.717) is 11.5 Å². The number of phenols is 2. The maximum absolute atomic E-state index is 11.0. The SMILES string of the molecule is CC(=O)[O-].CC(=O)[O-].CCCCc1cc(C=Nc2ccc(N=Cc3cc(CCCC)cc(C(C)(C)C)c3O)cc2)c(O)c(C(C)(C)C)c1.[Co+2]. The minimum Gasteiger partial charge on any atom is -0.550 e. The number of carbonyl (C=O) groups is 2. The van der Waals surface area contributed by atoms with Gasteiger partial charge in [0.2, 0.25) is 0 Å². The molecule has 9 heteroatoms. The van der Waals surface area contributed by atoms with Gasteiger partial charge in [0.15, 0.2) is 0 Å². The molecule has 3 aromatic carbocycles. The van der Waals surface area contributed by atoms with Gasteiger partial charge in [0.25, 0.3) is 0 Å². The van der Waals surface area contributed by atoms with E-state index in [0.717, 1.165) is 86.0 Å². The number of phenolic OH excluding ortho intramolecular Hbond substituents is 2. The Hall–Kier alpha value is -3.95. The van der Waals surface area contributed by atoms with Crippen LogP contribution in [0.2, 0.25) is 0 Å². The molecule has 8 nitrogen and oxygen atoms in total. The molecule has 0 saturated heterocycles. The van der Waals surface area contributed by atoms with Crippen molar-refractivity contribution >= 4 is 35.7 Å². The Bertz CT molecular complexity index is 1420. The van der Waals surface area contributed by atoms with Crippen molar-refractivity contribution in [1.82, 2.24) is 0 Å². The number of rotatable bonds is 10. The summed E-state index contributed by atoms with van der Waals surface area (Å²) in [7, 11) is 0. The summed E-state index contributed by atoms with van der Waals surface area (Å²) in [5.41, 5.74) is 7.09. The van der Waals surface area contributed by atoms with Crippen LogP contribution in [0, 0.1) is 0 Å². The summed E-state index contributed by atoms with van der Waals surface area (Å²) in [6, 6.07) is 16.1. The number of hydrogen-bond donors (Lipinski definition) is 2. The van der Waals surface area contributed by atoms with E-state index in [9.17, 15) is 10.2 Å². The summed E-state index contributed by atoms with van der Waals surface area (Å²) in [5.74, 6) is -1.57. The van der Waals surface area contributed by atoms with E-state index >= 15 is 0 Å². The molecule has 1 radical (unpaired) electrons. The summed E-state index contributed by atoms with van der Waals surface area (Å²) >= 11 is 0. The molecule has 0 atom stereocenters. The van der Waals surface area contributed by atoms with Gasteiger partial charge in [0.05, 0.1) is 11.4 Å². The Balaban J connectivity index is 0.00000230. The molecule has 2 N–H and O–H groups in total. The van der Waals surface area contributed by atoms with Crippen LogP contribution in [-0.4, -0.2) is 34.6 Å². The van der Waals surface area contributed by atoms with Crippen molar-refractivity contribution in [1.29, 1.82) is 0 Å². The van der Waals surface area contributed by atoms with E-state index in [1.54, 1.807) is 12.4 Å². The molecule has 269 valence electrons. The smallest absolute Gasteiger partial charge is 0.550 e. The van der Waals surface area contributed by atoms with Crippen LogP contribution in [0.5, 0.6) is 11.5 Å². The predicted octanol–water partition coefficient (Wildman–Crippen LogP) is 7.39. The standard InChI is InChI=1S/C36H48N2O2.2C2H4O2.Co/c1-9-11-13-25-19-27(33(39)31(21-25)35(3,4)5)23-37-29-15-17-30(18-16-29)38-24-28-20-26(14-12-10-2)22-32(34(28)40)36(6,7)8;2*1-2(3)4;/h15-24,39-40H,9-14H2,1-8H3;2*1H3,(H,3,4);/q;;;+2/p-2. The normalized spacial score (nSPS) is 11.3. The van der Waals surface area contributed by atoms with Gasteiger partial charge in [-0.05, 0) is 97.9 Å². The zero-order valence-corrected chi connectivity index (χ0v) is 31.8. The zero-order chi connectivity index (χ0) is 36.7. The molecule has 0 fully saturated rings. The van der Waals surface area contributed by atoms with Gasteiger partial charge in [0.1, 0.15) is 11.5 Å². The summed E-state index contributed by atoms with van der Waals surface area (Å²) in [4.78, 5) is 27.1. The van der Waals surface area contributed by atoms with E-state index in [2.05, 4.69) is 89.6 Å². The first-order chi connectivity index (χ1) is 22.3. The second kappa shape index (κ2) is 21.2. The summed E-state index contributed by atoms with van der Waals surface area (Å²) in [6.07, 6.45) is 9.98. The van der Waals surface area contributed by atoms with Gasteiger partial charge >= 0.3 is 16.8 Å². The van der Waals surface area contributed by atoms with Crippen LogP contribution >= 0.6 is 0 Å². The Morgan fingerprint density at radius 2 is 0.939 bits per heavy atom. The molecule has 3 aromatic rings. The largest absolute Gasteiger partial charge is 2.00 e. The molecule has 49 heavy (non-hydrogen) atoms. The van der Waals surface area contributed by atoms with Crippen LogP contribution in [-0.2, 0) is 50.0 Å². The first-order valence-electron chi connectivity index (χ1n) is 16.6. The molecular weight excluding hydrogens is 663 g/mol. The number of carbonyl (C=O) groups excluding carboxylic acids is 2. The summed E-state index contributed by atoms with van der Waals surface area (Å²) in [6.45, 7) is 19.1. The predicted molar refractivity (Wildman–Crippen MR) is 193 cm³/mol. The number of nitrogens with zero attached hydrogens (tertiary/aromatic N) is 2. The molecule has 0 saturated carbocycles. The minimum atomic E-state index is -1.08. The Morgan fingerprint density at radius 1 is 0.653 bits per heavy atom. The van der Waals surface area contributed by atoms with Crippen LogP contribution in [0.4, 0.5) is 11.4 Å². The minimum absolute atomic E-state index is 0. The fraction of sp³-hybridized carbons (Fsp3) is 0.450. The van der Waals surface area contributed by atoms with E-state index in [1.165, 1.54) is 11.1 Å². The average molecular weight is 718 g/mol. The number of aromatic hydroxyl groups is 2. The molecule has 0 unspecified atom stereocenters. The van der Waals surface area contributed by atoms with E-state index in [-0.39, 0.29) is 27.6 Å². The van der Waals surface area contributed by atoms with Crippen molar-refractivity contribution in [2.75, 3.05) is 0 Å². The number of aryl methyl sites for hydroxylation is 2. The van der Waals surface area contributed by atoms with Crippen molar-refractivity contribution in [2.45, 2.75) is 119 Å². The van der Waals surface area contributed by atoms with Gasteiger partial charge in [0, 0.05) is 46.6 Å². The number of carboxylic acid groups (broad SMARTS) is 2. The molecular formula is C40H54CoN2O6.